The first kappa shape index (κ1) is 17.2. The van der Waals surface area contributed by atoms with Crippen molar-refractivity contribution in [1.29, 1.82) is 0 Å². The van der Waals surface area contributed by atoms with Crippen molar-refractivity contribution < 1.29 is 9.53 Å². The Kier molecular flexibility index (Phi) is 4.76. The maximum Gasteiger partial charge on any atom is 0.233 e. The number of nitrogens with one attached hydrogen (secondary N) is 1. The number of methoxy groups -OCH3 is 1. The third-order valence-electron chi connectivity index (χ3n) is 5.65. The minimum Gasteiger partial charge on any atom is -0.384 e. The van der Waals surface area contributed by atoms with Crippen molar-refractivity contribution in [3.05, 3.63) is 47.5 Å². The summed E-state index contributed by atoms with van der Waals surface area (Å²) >= 11 is 0. The highest BCUT2D eigenvalue weighted by molar-refractivity contribution is 5.91. The molecule has 1 amide bonds. The molecule has 2 aliphatic rings. The fourth-order valence-corrected chi connectivity index (χ4v) is 3.99. The van der Waals surface area contributed by atoms with E-state index in [9.17, 15) is 4.79 Å². The summed E-state index contributed by atoms with van der Waals surface area (Å²) in [4.78, 5) is 19.9. The summed E-state index contributed by atoms with van der Waals surface area (Å²) in [5.74, 6) is 2.18. The number of H-pyrrole nitrogens is 1. The standard InChI is InChI=1S/C20H26N4O2/c1-26-13-9-17-21-18(23-22-17)15-6-5-12-24(14-15)19(25)20(10-11-20)16-7-3-2-4-8-16/h2-4,7-8,15H,5-6,9-14H2,1H3,(H,21,22,23)/t15-/m0/s1. The SMILES string of the molecule is COCCc1nc([C@H]2CCCN(C(=O)C3(c4ccccc4)CC3)C2)n[nH]1. The molecule has 1 N–H and O–H groups in total. The number of carbonyl (C=O) groups is 1. The van der Waals surface area contributed by atoms with E-state index in [0.717, 1.165) is 62.4 Å². The van der Waals surface area contributed by atoms with Gasteiger partial charge in [0.05, 0.1) is 12.0 Å². The van der Waals surface area contributed by atoms with Gasteiger partial charge in [-0.1, -0.05) is 30.3 Å². The summed E-state index contributed by atoms with van der Waals surface area (Å²) in [5, 5.41) is 7.40. The van der Waals surface area contributed by atoms with Crippen LogP contribution in [0.1, 0.15) is 48.8 Å². The summed E-state index contributed by atoms with van der Waals surface area (Å²) in [7, 11) is 1.68. The van der Waals surface area contributed by atoms with Gasteiger partial charge in [0, 0.05) is 32.5 Å². The molecule has 2 heterocycles. The molecule has 138 valence electrons. The lowest BCUT2D eigenvalue weighted by molar-refractivity contribution is -0.135. The maximum atomic E-state index is 13.3. The molecule has 6 nitrogen and oxygen atoms in total. The summed E-state index contributed by atoms with van der Waals surface area (Å²) < 4.78 is 5.09. The van der Waals surface area contributed by atoms with Crippen molar-refractivity contribution in [3.63, 3.8) is 0 Å². The highest BCUT2D eigenvalue weighted by Crippen LogP contribution is 2.50. The Morgan fingerprint density at radius 3 is 2.88 bits per heavy atom. The molecule has 1 aromatic heterocycles. The highest BCUT2D eigenvalue weighted by Gasteiger charge is 2.53. The molecule has 26 heavy (non-hydrogen) atoms. The van der Waals surface area contributed by atoms with Gasteiger partial charge in [-0.25, -0.2) is 4.98 Å². The van der Waals surface area contributed by atoms with Crippen LogP contribution in [0.15, 0.2) is 30.3 Å². The molecule has 1 saturated carbocycles. The van der Waals surface area contributed by atoms with Crippen LogP contribution >= 0.6 is 0 Å². The van der Waals surface area contributed by atoms with Crippen molar-refractivity contribution in [1.82, 2.24) is 20.1 Å². The Hall–Kier alpha value is -2.21. The first-order chi connectivity index (χ1) is 12.7. The van der Waals surface area contributed by atoms with Crippen LogP contribution in [0.2, 0.25) is 0 Å². The molecule has 0 spiro atoms. The lowest BCUT2D eigenvalue weighted by atomic mass is 9.91. The molecule has 4 rings (SSSR count). The molecule has 1 atom stereocenters. The van der Waals surface area contributed by atoms with Crippen LogP contribution in [-0.2, 0) is 21.4 Å². The normalized spacial score (nSPS) is 21.6. The number of hydrogen-bond acceptors (Lipinski definition) is 4. The molecular weight excluding hydrogens is 328 g/mol. The van der Waals surface area contributed by atoms with Crippen molar-refractivity contribution in [2.24, 2.45) is 0 Å². The topological polar surface area (TPSA) is 71.1 Å². The third kappa shape index (κ3) is 3.26. The Morgan fingerprint density at radius 2 is 2.15 bits per heavy atom. The number of carbonyl (C=O) groups excluding carboxylic acids is 1. The number of piperidine rings is 1. The van der Waals surface area contributed by atoms with E-state index < -0.39 is 0 Å². The molecule has 1 aliphatic carbocycles. The first-order valence-electron chi connectivity index (χ1n) is 9.48. The minimum absolute atomic E-state index is 0.215. The van der Waals surface area contributed by atoms with Crippen LogP contribution in [0.4, 0.5) is 0 Å². The molecule has 1 aliphatic heterocycles. The Bertz CT molecular complexity index is 754. The lowest BCUT2D eigenvalue weighted by Crippen LogP contribution is -2.44. The first-order valence-corrected chi connectivity index (χ1v) is 9.48. The van der Waals surface area contributed by atoms with Crippen LogP contribution in [-0.4, -0.2) is 52.8 Å². The second kappa shape index (κ2) is 7.19. The smallest absolute Gasteiger partial charge is 0.233 e. The number of hydrogen-bond donors (Lipinski definition) is 1. The highest BCUT2D eigenvalue weighted by atomic mass is 16.5. The second-order valence-electron chi connectivity index (χ2n) is 7.42. The van der Waals surface area contributed by atoms with Gasteiger partial charge in [0.1, 0.15) is 5.82 Å². The predicted octanol–water partition coefficient (Wildman–Crippen LogP) is 2.43. The van der Waals surface area contributed by atoms with E-state index in [1.54, 1.807) is 7.11 Å². The number of aromatic amines is 1. The molecule has 0 unspecified atom stereocenters. The average molecular weight is 354 g/mol. The summed E-state index contributed by atoms with van der Waals surface area (Å²) in [6, 6.07) is 10.2. The number of rotatable bonds is 6. The Balaban J connectivity index is 1.45. The fourth-order valence-electron chi connectivity index (χ4n) is 3.99. The zero-order chi connectivity index (χ0) is 18.0. The molecule has 2 fully saturated rings. The van der Waals surface area contributed by atoms with Gasteiger partial charge < -0.3 is 9.64 Å². The molecule has 6 heteroatoms. The van der Waals surface area contributed by atoms with Gasteiger partial charge in [-0.3, -0.25) is 9.89 Å². The van der Waals surface area contributed by atoms with Gasteiger partial charge in [-0.2, -0.15) is 5.10 Å². The number of aromatic nitrogens is 3. The van der Waals surface area contributed by atoms with E-state index in [2.05, 4.69) is 27.3 Å². The maximum absolute atomic E-state index is 13.3. The van der Waals surface area contributed by atoms with E-state index >= 15 is 0 Å². The van der Waals surface area contributed by atoms with Crippen LogP contribution < -0.4 is 0 Å². The predicted molar refractivity (Wildman–Crippen MR) is 97.9 cm³/mol. The zero-order valence-corrected chi connectivity index (χ0v) is 15.3. The molecule has 0 radical (unpaired) electrons. The third-order valence-corrected chi connectivity index (χ3v) is 5.65. The summed E-state index contributed by atoms with van der Waals surface area (Å²) in [6.07, 6.45) is 4.68. The van der Waals surface area contributed by atoms with Crippen molar-refractivity contribution in [2.75, 3.05) is 26.8 Å². The average Bonchev–Trinajstić information content (AvgIpc) is 3.38. The van der Waals surface area contributed by atoms with E-state index in [1.807, 2.05) is 23.1 Å². The second-order valence-corrected chi connectivity index (χ2v) is 7.42. The molecule has 1 aromatic carbocycles. The molecule has 2 aromatic rings. The van der Waals surface area contributed by atoms with Crippen LogP contribution in [0.25, 0.3) is 0 Å². The van der Waals surface area contributed by atoms with Crippen LogP contribution in [0.5, 0.6) is 0 Å². The molecule has 1 saturated heterocycles. The van der Waals surface area contributed by atoms with Crippen molar-refractivity contribution in [3.8, 4) is 0 Å². The zero-order valence-electron chi connectivity index (χ0n) is 15.3. The Labute approximate surface area is 154 Å². The summed E-state index contributed by atoms with van der Waals surface area (Å²) in [6.45, 7) is 2.18. The van der Waals surface area contributed by atoms with Gasteiger partial charge in [0.15, 0.2) is 5.82 Å². The van der Waals surface area contributed by atoms with Gasteiger partial charge in [-0.15, -0.1) is 0 Å². The number of ether oxygens (including phenoxy) is 1. The lowest BCUT2D eigenvalue weighted by Gasteiger charge is -2.34. The minimum atomic E-state index is -0.286. The fraction of sp³-hybridized carbons (Fsp3) is 0.550. The van der Waals surface area contributed by atoms with Gasteiger partial charge in [0.2, 0.25) is 5.91 Å². The monoisotopic (exact) mass is 354 g/mol. The van der Waals surface area contributed by atoms with E-state index in [4.69, 9.17) is 4.74 Å². The van der Waals surface area contributed by atoms with Gasteiger partial charge in [-0.05, 0) is 31.2 Å². The van der Waals surface area contributed by atoms with Crippen LogP contribution in [0, 0.1) is 0 Å². The molecular formula is C20H26N4O2. The van der Waals surface area contributed by atoms with E-state index in [0.29, 0.717) is 6.61 Å². The number of likely N-dealkylation sites (tertiary alicyclic amines) is 1. The van der Waals surface area contributed by atoms with Gasteiger partial charge in [0.25, 0.3) is 0 Å². The van der Waals surface area contributed by atoms with Crippen molar-refractivity contribution >= 4 is 5.91 Å². The van der Waals surface area contributed by atoms with Gasteiger partial charge >= 0.3 is 0 Å². The number of benzene rings is 1. The number of nitrogens with zero attached hydrogens (tertiary/aromatic N) is 3. The number of amides is 1. The van der Waals surface area contributed by atoms with Crippen molar-refractivity contribution in [2.45, 2.75) is 43.4 Å². The van der Waals surface area contributed by atoms with E-state index in [-0.39, 0.29) is 17.2 Å². The van der Waals surface area contributed by atoms with E-state index in [1.165, 1.54) is 0 Å². The molecule has 0 bridgehead atoms. The quantitative estimate of drug-likeness (QED) is 0.865. The largest absolute Gasteiger partial charge is 0.384 e. The Morgan fingerprint density at radius 1 is 1.35 bits per heavy atom. The summed E-state index contributed by atoms with van der Waals surface area (Å²) in [5.41, 5.74) is 0.873. The van der Waals surface area contributed by atoms with Crippen LogP contribution in [0.3, 0.4) is 0 Å².